The summed E-state index contributed by atoms with van der Waals surface area (Å²) < 4.78 is 43.7. The van der Waals surface area contributed by atoms with E-state index in [1.54, 1.807) is 0 Å². The monoisotopic (exact) mass is 408 g/mol. The summed E-state index contributed by atoms with van der Waals surface area (Å²) in [6, 6.07) is 0. The van der Waals surface area contributed by atoms with Crippen molar-refractivity contribution in [3.05, 3.63) is 0 Å². The lowest BCUT2D eigenvalue weighted by molar-refractivity contribution is -0.285. The van der Waals surface area contributed by atoms with E-state index in [0.717, 1.165) is 6.92 Å². The molecule has 4 atom stereocenters. The highest BCUT2D eigenvalue weighted by atomic mass is 127. The number of hydrogen-bond donors (Lipinski definition) is 1. The number of aliphatic hydroxyl groups is 1. The third-order valence-electron chi connectivity index (χ3n) is 3.88. The maximum Gasteiger partial charge on any atom is 0.417 e. The Bertz CT molecular complexity index is 344. The number of rotatable bonds is 4. The number of ether oxygens (including phenoxy) is 1. The summed E-state index contributed by atoms with van der Waals surface area (Å²) >= 11 is 1.91. The molecule has 1 aliphatic carbocycles. The molecule has 0 aromatic carbocycles. The van der Waals surface area contributed by atoms with Crippen molar-refractivity contribution in [2.75, 3.05) is 0 Å². The largest absolute Gasteiger partial charge is 0.461 e. The molecule has 0 heterocycles. The number of esters is 1. The molecular formula is C13H20F3IO3. The molecule has 7 heteroatoms. The Morgan fingerprint density at radius 2 is 1.95 bits per heavy atom. The first-order valence-corrected chi connectivity index (χ1v) is 7.99. The third-order valence-corrected chi connectivity index (χ3v) is 5.27. The van der Waals surface area contributed by atoms with E-state index >= 15 is 0 Å². The molecule has 118 valence electrons. The average molecular weight is 408 g/mol. The lowest BCUT2D eigenvalue weighted by Gasteiger charge is -2.41. The SMILES string of the molecule is CCC(I)C(=O)OC1CCCCC1C(C)(O)C(F)(F)F. The van der Waals surface area contributed by atoms with Crippen molar-refractivity contribution in [2.45, 2.75) is 67.8 Å². The smallest absolute Gasteiger partial charge is 0.417 e. The van der Waals surface area contributed by atoms with Gasteiger partial charge in [0, 0.05) is 5.92 Å². The Labute approximate surface area is 130 Å². The second-order valence-electron chi connectivity index (χ2n) is 5.39. The van der Waals surface area contributed by atoms with Crippen LogP contribution in [0.25, 0.3) is 0 Å². The Hall–Kier alpha value is -0.0500. The first-order chi connectivity index (χ1) is 9.11. The van der Waals surface area contributed by atoms with E-state index in [4.69, 9.17) is 4.74 Å². The van der Waals surface area contributed by atoms with Crippen LogP contribution in [0, 0.1) is 5.92 Å². The van der Waals surface area contributed by atoms with Crippen molar-refractivity contribution in [3.8, 4) is 0 Å². The fourth-order valence-corrected chi connectivity index (χ4v) is 2.63. The fraction of sp³-hybridized carbons (Fsp3) is 0.923. The van der Waals surface area contributed by atoms with Gasteiger partial charge in [-0.2, -0.15) is 13.2 Å². The molecular weight excluding hydrogens is 388 g/mol. The van der Waals surface area contributed by atoms with Gasteiger partial charge in [-0.3, -0.25) is 4.79 Å². The van der Waals surface area contributed by atoms with Gasteiger partial charge in [-0.15, -0.1) is 0 Å². The van der Waals surface area contributed by atoms with E-state index in [9.17, 15) is 23.1 Å². The zero-order valence-corrected chi connectivity index (χ0v) is 13.7. The third kappa shape index (κ3) is 3.99. The molecule has 0 aliphatic heterocycles. The van der Waals surface area contributed by atoms with Gasteiger partial charge in [-0.05, 0) is 32.6 Å². The first kappa shape index (κ1) is 18.0. The molecule has 0 bridgehead atoms. The van der Waals surface area contributed by atoms with Gasteiger partial charge in [0.25, 0.3) is 0 Å². The highest BCUT2D eigenvalue weighted by Gasteiger charge is 2.57. The standard InChI is InChI=1S/C13H20F3IO3/c1-3-9(17)11(18)20-10-7-5-4-6-8(10)12(2,19)13(14,15)16/h8-10,19H,3-7H2,1-2H3. The summed E-state index contributed by atoms with van der Waals surface area (Å²) in [7, 11) is 0. The molecule has 0 spiro atoms. The molecule has 0 radical (unpaired) electrons. The Morgan fingerprint density at radius 1 is 1.40 bits per heavy atom. The van der Waals surface area contributed by atoms with Crippen molar-refractivity contribution in [1.29, 1.82) is 0 Å². The minimum atomic E-state index is -4.73. The van der Waals surface area contributed by atoms with Crippen LogP contribution < -0.4 is 0 Å². The minimum absolute atomic E-state index is 0.211. The highest BCUT2D eigenvalue weighted by Crippen LogP contribution is 2.43. The van der Waals surface area contributed by atoms with Crippen LogP contribution >= 0.6 is 22.6 Å². The van der Waals surface area contributed by atoms with Crippen molar-refractivity contribution in [3.63, 3.8) is 0 Å². The maximum absolute atomic E-state index is 13.0. The Balaban J connectivity index is 2.85. The molecule has 0 amide bonds. The molecule has 1 aliphatic rings. The van der Waals surface area contributed by atoms with Crippen molar-refractivity contribution in [2.24, 2.45) is 5.92 Å². The molecule has 0 aromatic heterocycles. The summed E-state index contributed by atoms with van der Waals surface area (Å²) in [5.74, 6) is -1.59. The number of carbonyl (C=O) groups excluding carboxylic acids is 1. The summed E-state index contributed by atoms with van der Waals surface area (Å²) in [6.45, 7) is 2.58. The summed E-state index contributed by atoms with van der Waals surface area (Å²) in [5.41, 5.74) is -2.83. The molecule has 1 N–H and O–H groups in total. The summed E-state index contributed by atoms with van der Waals surface area (Å²) in [6.07, 6.45) is -3.14. The Morgan fingerprint density at radius 3 is 2.45 bits per heavy atom. The van der Waals surface area contributed by atoms with E-state index in [2.05, 4.69) is 0 Å². The van der Waals surface area contributed by atoms with Gasteiger partial charge in [-0.1, -0.05) is 35.9 Å². The zero-order chi connectivity index (χ0) is 15.6. The molecule has 1 rings (SSSR count). The van der Waals surface area contributed by atoms with Crippen LogP contribution in [-0.2, 0) is 9.53 Å². The second-order valence-corrected chi connectivity index (χ2v) is 6.89. The van der Waals surface area contributed by atoms with Crippen LogP contribution in [0.1, 0.15) is 46.0 Å². The predicted molar refractivity (Wildman–Crippen MR) is 76.6 cm³/mol. The number of alkyl halides is 4. The van der Waals surface area contributed by atoms with Gasteiger partial charge in [0.15, 0.2) is 5.60 Å². The number of hydrogen-bond acceptors (Lipinski definition) is 3. The lowest BCUT2D eigenvalue weighted by atomic mass is 9.75. The van der Waals surface area contributed by atoms with Crippen molar-refractivity contribution >= 4 is 28.6 Å². The normalized spacial score (nSPS) is 28.6. The van der Waals surface area contributed by atoms with Gasteiger partial charge < -0.3 is 9.84 Å². The van der Waals surface area contributed by atoms with Gasteiger partial charge in [0.2, 0.25) is 0 Å². The summed E-state index contributed by atoms with van der Waals surface area (Å²) in [5, 5.41) is 9.84. The molecule has 0 saturated heterocycles. The van der Waals surface area contributed by atoms with Gasteiger partial charge in [0.05, 0.1) is 0 Å². The van der Waals surface area contributed by atoms with Crippen LogP contribution in [0.15, 0.2) is 0 Å². The molecule has 1 saturated carbocycles. The fourth-order valence-electron chi connectivity index (χ4n) is 2.48. The van der Waals surface area contributed by atoms with Gasteiger partial charge in [0.1, 0.15) is 10.0 Å². The average Bonchev–Trinajstić information content (AvgIpc) is 2.36. The van der Waals surface area contributed by atoms with Gasteiger partial charge >= 0.3 is 12.1 Å². The topological polar surface area (TPSA) is 46.5 Å². The highest BCUT2D eigenvalue weighted by molar-refractivity contribution is 14.1. The van der Waals surface area contributed by atoms with Crippen LogP contribution in [-0.4, -0.2) is 32.9 Å². The molecule has 0 aromatic rings. The van der Waals surface area contributed by atoms with Crippen LogP contribution in [0.5, 0.6) is 0 Å². The van der Waals surface area contributed by atoms with Crippen LogP contribution in [0.4, 0.5) is 13.2 Å². The maximum atomic E-state index is 13.0. The molecule has 4 unspecified atom stereocenters. The van der Waals surface area contributed by atoms with Crippen LogP contribution in [0.3, 0.4) is 0 Å². The van der Waals surface area contributed by atoms with Crippen molar-refractivity contribution in [1.82, 2.24) is 0 Å². The number of carbonyl (C=O) groups is 1. The quantitative estimate of drug-likeness (QED) is 0.439. The second kappa shape index (κ2) is 6.81. The van der Waals surface area contributed by atoms with E-state index in [1.165, 1.54) is 0 Å². The van der Waals surface area contributed by atoms with Crippen LogP contribution in [0.2, 0.25) is 0 Å². The summed E-state index contributed by atoms with van der Waals surface area (Å²) in [4.78, 5) is 11.8. The minimum Gasteiger partial charge on any atom is -0.461 e. The lowest BCUT2D eigenvalue weighted by Crippen LogP contribution is -2.54. The Kier molecular flexibility index (Phi) is 6.13. The molecule has 20 heavy (non-hydrogen) atoms. The van der Waals surface area contributed by atoms with E-state index in [0.29, 0.717) is 25.7 Å². The molecule has 1 fully saturated rings. The van der Waals surface area contributed by atoms with E-state index in [1.807, 2.05) is 29.5 Å². The zero-order valence-electron chi connectivity index (χ0n) is 11.5. The van der Waals surface area contributed by atoms with E-state index < -0.39 is 29.8 Å². The number of halogens is 4. The first-order valence-electron chi connectivity index (χ1n) is 6.75. The van der Waals surface area contributed by atoms with Crippen molar-refractivity contribution < 1.29 is 27.8 Å². The predicted octanol–water partition coefficient (Wildman–Crippen LogP) is 3.62. The van der Waals surface area contributed by atoms with Gasteiger partial charge in [-0.25, -0.2) is 0 Å². The van der Waals surface area contributed by atoms with E-state index in [-0.39, 0.29) is 10.3 Å². The molecule has 3 nitrogen and oxygen atoms in total.